The number of hydrogen-bond acceptors (Lipinski definition) is 5. The number of rotatable bonds is 2. The van der Waals surface area contributed by atoms with Gasteiger partial charge in [-0.25, -0.2) is 0 Å². The third kappa shape index (κ3) is 3.64. The molecule has 1 fully saturated rings. The topological polar surface area (TPSA) is 84.6 Å². The molecule has 0 saturated carbocycles. The Labute approximate surface area is 120 Å². The van der Waals surface area contributed by atoms with Crippen LogP contribution in [0, 0.1) is 6.92 Å². The van der Waals surface area contributed by atoms with E-state index >= 15 is 0 Å². The normalized spacial score (nSPS) is 25.8. The Morgan fingerprint density at radius 3 is 2.74 bits per heavy atom. The summed E-state index contributed by atoms with van der Waals surface area (Å²) in [5.74, 6) is 0. The van der Waals surface area contributed by atoms with Crippen molar-refractivity contribution in [3.63, 3.8) is 0 Å². The van der Waals surface area contributed by atoms with Crippen molar-refractivity contribution < 1.29 is 14.9 Å². The minimum absolute atomic E-state index is 0.229. The molecule has 1 aliphatic rings. The van der Waals surface area contributed by atoms with Crippen LogP contribution < -0.4 is 10.3 Å². The second-order valence-electron chi connectivity index (χ2n) is 4.03. The quantitative estimate of drug-likeness (QED) is 0.679. The van der Waals surface area contributed by atoms with Gasteiger partial charge in [0.25, 0.3) is 0 Å². The molecule has 19 heavy (non-hydrogen) atoms. The maximum absolute atomic E-state index is 11.3. The molecule has 0 spiro atoms. The number of aliphatic hydroxyl groups is 2. The third-order valence-corrected chi connectivity index (χ3v) is 3.42. The van der Waals surface area contributed by atoms with Gasteiger partial charge in [-0.15, -0.1) is 0 Å². The molecule has 3 atom stereocenters. The Morgan fingerprint density at radius 2 is 2.21 bits per heavy atom. The number of aliphatic hydroxyl groups excluding tert-OH is 2. The first-order chi connectivity index (χ1) is 9.02. The molecule has 1 aromatic heterocycles. The Morgan fingerprint density at radius 1 is 1.58 bits per heavy atom. The molecular formula is C12H19N2O4Se. The summed E-state index contributed by atoms with van der Waals surface area (Å²) in [6.45, 7) is 5.44. The number of aryl methyl sites for hydroxylation is 1. The van der Waals surface area contributed by atoms with Crippen LogP contribution in [0.5, 0.6) is 0 Å². The first-order valence-corrected chi connectivity index (χ1v) is 7.09. The number of aromatic nitrogens is 2. The van der Waals surface area contributed by atoms with Gasteiger partial charge >= 0.3 is 106 Å². The molecule has 0 bridgehead atoms. The van der Waals surface area contributed by atoms with Crippen LogP contribution in [0.3, 0.4) is 0 Å². The van der Waals surface area contributed by atoms with Crippen molar-refractivity contribution in [3.8, 4) is 0 Å². The standard InChI is InChI=1S/C10H13N2O4Se.C2H6/c1-5-3-12(10(17)11-9(5)15)8-2-6(14)7(4-13)16-8;1-2/h3,6-8,13-14H,2,4H2,1H3;1-2H3. The van der Waals surface area contributed by atoms with Crippen LogP contribution in [0.4, 0.5) is 0 Å². The number of ether oxygens (including phenoxy) is 1. The van der Waals surface area contributed by atoms with Gasteiger partial charge in [-0.3, -0.25) is 0 Å². The van der Waals surface area contributed by atoms with Crippen molar-refractivity contribution in [2.75, 3.05) is 6.61 Å². The van der Waals surface area contributed by atoms with E-state index in [0.29, 0.717) is 16.7 Å². The molecule has 7 heteroatoms. The van der Waals surface area contributed by atoms with Crippen LogP contribution in [-0.4, -0.2) is 54.6 Å². The fourth-order valence-corrected chi connectivity index (χ4v) is 2.34. The van der Waals surface area contributed by atoms with Crippen LogP contribution in [0.2, 0.25) is 0 Å². The summed E-state index contributed by atoms with van der Waals surface area (Å²) in [5.41, 5.74) is 0.224. The van der Waals surface area contributed by atoms with E-state index in [1.807, 2.05) is 13.8 Å². The van der Waals surface area contributed by atoms with E-state index in [9.17, 15) is 9.90 Å². The van der Waals surface area contributed by atoms with Crippen LogP contribution in [0.25, 0.3) is 0 Å². The van der Waals surface area contributed by atoms with Crippen LogP contribution in [0.15, 0.2) is 11.0 Å². The van der Waals surface area contributed by atoms with Gasteiger partial charge in [-0.1, -0.05) is 13.8 Å². The van der Waals surface area contributed by atoms with E-state index in [1.165, 1.54) is 0 Å². The minimum atomic E-state index is -0.705. The van der Waals surface area contributed by atoms with Gasteiger partial charge in [0, 0.05) is 0 Å². The van der Waals surface area contributed by atoms with Crippen LogP contribution in [-0.2, 0) is 4.74 Å². The molecule has 1 aromatic rings. The Balaban J connectivity index is 0.000000861. The molecule has 0 aliphatic carbocycles. The molecule has 107 valence electrons. The van der Waals surface area contributed by atoms with Crippen LogP contribution in [0.1, 0.15) is 32.1 Å². The predicted molar refractivity (Wildman–Crippen MR) is 71.6 cm³/mol. The Kier molecular flexibility index (Phi) is 6.16. The van der Waals surface area contributed by atoms with Gasteiger partial charge in [0.2, 0.25) is 0 Å². The average Bonchev–Trinajstić information content (AvgIpc) is 2.77. The van der Waals surface area contributed by atoms with Crippen molar-refractivity contribution >= 4 is 20.7 Å². The molecule has 1 saturated heterocycles. The Bertz CT molecular complexity index is 477. The second kappa shape index (κ2) is 7.17. The van der Waals surface area contributed by atoms with E-state index in [0.717, 1.165) is 0 Å². The molecule has 0 aromatic carbocycles. The molecule has 2 heterocycles. The zero-order valence-electron chi connectivity index (χ0n) is 11.2. The first kappa shape index (κ1) is 16.3. The fourth-order valence-electron chi connectivity index (χ4n) is 1.81. The van der Waals surface area contributed by atoms with Gasteiger partial charge in [-0.05, 0) is 0 Å². The van der Waals surface area contributed by atoms with Crippen LogP contribution >= 0.6 is 0 Å². The van der Waals surface area contributed by atoms with E-state index in [-0.39, 0.29) is 12.2 Å². The summed E-state index contributed by atoms with van der Waals surface area (Å²) in [5, 5.41) is 18.6. The summed E-state index contributed by atoms with van der Waals surface area (Å²) in [6, 6.07) is 0. The summed E-state index contributed by atoms with van der Waals surface area (Å²) in [7, 11) is 0. The number of nitrogens with zero attached hydrogens (tertiary/aromatic N) is 2. The first-order valence-electron chi connectivity index (χ1n) is 6.24. The second-order valence-corrected chi connectivity index (χ2v) is 4.80. The van der Waals surface area contributed by atoms with Crippen molar-refractivity contribution in [3.05, 3.63) is 22.1 Å². The van der Waals surface area contributed by atoms with Crippen molar-refractivity contribution in [2.45, 2.75) is 45.6 Å². The summed E-state index contributed by atoms with van der Waals surface area (Å²) >= 11 is 2.69. The van der Waals surface area contributed by atoms with Gasteiger partial charge in [0.15, 0.2) is 0 Å². The summed E-state index contributed by atoms with van der Waals surface area (Å²) in [4.78, 5) is 15.1. The van der Waals surface area contributed by atoms with Gasteiger partial charge in [0.1, 0.15) is 0 Å². The number of hydrogen-bond donors (Lipinski definition) is 2. The van der Waals surface area contributed by atoms with Crippen molar-refractivity contribution in [1.29, 1.82) is 0 Å². The van der Waals surface area contributed by atoms with E-state index in [1.54, 1.807) is 17.7 Å². The molecule has 1 radical (unpaired) electrons. The van der Waals surface area contributed by atoms with Crippen molar-refractivity contribution in [2.24, 2.45) is 0 Å². The molecular weight excluding hydrogens is 315 g/mol. The monoisotopic (exact) mass is 335 g/mol. The SMILES string of the molecule is CC.Cc1cn(C2CC(O)C(CO)O2)c([Se])nc1=O. The van der Waals surface area contributed by atoms with E-state index in [2.05, 4.69) is 21.0 Å². The molecule has 6 nitrogen and oxygen atoms in total. The van der Waals surface area contributed by atoms with E-state index in [4.69, 9.17) is 9.84 Å². The molecule has 3 unspecified atom stereocenters. The summed E-state index contributed by atoms with van der Waals surface area (Å²) < 4.78 is 7.56. The maximum atomic E-state index is 11.3. The molecule has 1 aliphatic heterocycles. The van der Waals surface area contributed by atoms with Gasteiger partial charge < -0.3 is 0 Å². The van der Waals surface area contributed by atoms with Crippen molar-refractivity contribution in [1.82, 2.24) is 9.55 Å². The molecule has 2 N–H and O–H groups in total. The Hall–Kier alpha value is -0.721. The fraction of sp³-hybridized carbons (Fsp3) is 0.667. The van der Waals surface area contributed by atoms with E-state index < -0.39 is 18.4 Å². The zero-order valence-corrected chi connectivity index (χ0v) is 13.0. The van der Waals surface area contributed by atoms with Gasteiger partial charge in [-0.2, -0.15) is 0 Å². The molecule has 2 rings (SSSR count). The van der Waals surface area contributed by atoms with Gasteiger partial charge in [0.05, 0.1) is 0 Å². The predicted octanol–water partition coefficient (Wildman–Crippen LogP) is -0.988. The average molecular weight is 334 g/mol. The third-order valence-electron chi connectivity index (χ3n) is 2.78. The summed E-state index contributed by atoms with van der Waals surface area (Å²) in [6.07, 6.45) is 0.302. The zero-order chi connectivity index (χ0) is 14.6. The molecule has 0 amide bonds.